The molecule has 0 fully saturated rings. The fourth-order valence-electron chi connectivity index (χ4n) is 9.84. The Balaban J connectivity index is 1.13. The van der Waals surface area contributed by atoms with Crippen LogP contribution >= 0.6 is 0 Å². The lowest BCUT2D eigenvalue weighted by Gasteiger charge is -2.22. The van der Waals surface area contributed by atoms with Gasteiger partial charge in [-0.1, -0.05) is 147 Å². The molecule has 1 aliphatic carbocycles. The molecule has 11 aromatic rings. The first-order valence-corrected chi connectivity index (χ1v) is 19.2. The third-order valence-electron chi connectivity index (χ3n) is 12.3. The van der Waals surface area contributed by atoms with Crippen LogP contribution in [0.4, 0.5) is 0 Å². The van der Waals surface area contributed by atoms with Gasteiger partial charge in [0.05, 0.1) is 33.3 Å². The zero-order chi connectivity index (χ0) is 36.4. The smallest absolute Gasteiger partial charge is 0.0788 e. The summed E-state index contributed by atoms with van der Waals surface area (Å²) < 4.78 is 4.91. The highest BCUT2D eigenvalue weighted by atomic mass is 15.0. The molecule has 0 saturated heterocycles. The highest BCUT2D eigenvalue weighted by Gasteiger charge is 2.37. The second-order valence-electron chi connectivity index (χ2n) is 15.5. The molecule has 0 N–H and O–H groups in total. The van der Waals surface area contributed by atoms with E-state index in [2.05, 4.69) is 199 Å². The van der Waals surface area contributed by atoms with E-state index in [9.17, 15) is 0 Å². The minimum Gasteiger partial charge on any atom is -0.307 e. The van der Waals surface area contributed by atoms with Crippen molar-refractivity contribution in [1.29, 1.82) is 0 Å². The van der Waals surface area contributed by atoms with E-state index in [1.807, 2.05) is 0 Å². The number of rotatable bonds is 3. The molecule has 0 atom stereocenters. The number of hydrogen-bond acceptors (Lipinski definition) is 1. The van der Waals surface area contributed by atoms with Gasteiger partial charge in [-0.15, -0.1) is 0 Å². The molecule has 0 radical (unpaired) electrons. The molecule has 3 heteroatoms. The van der Waals surface area contributed by atoms with Crippen molar-refractivity contribution in [3.8, 4) is 33.8 Å². The van der Waals surface area contributed by atoms with Crippen molar-refractivity contribution in [3.63, 3.8) is 0 Å². The zero-order valence-electron chi connectivity index (χ0n) is 30.6. The van der Waals surface area contributed by atoms with Gasteiger partial charge < -0.3 is 9.13 Å². The lowest BCUT2D eigenvalue weighted by atomic mass is 9.82. The summed E-state index contributed by atoms with van der Waals surface area (Å²) in [5, 5.41) is 8.66. The highest BCUT2D eigenvalue weighted by Crippen LogP contribution is 2.53. The molecule has 8 aromatic carbocycles. The van der Waals surface area contributed by atoms with Crippen molar-refractivity contribution < 1.29 is 0 Å². The standard InChI is InChI=1S/C52H35N3/c1-52(2)42-20-10-6-18-39(42)48-43(52)31-30-41-47(48)40-19-7-11-21-44(40)53-49(41)32-24-26-34(27-25-32)55-46-23-13-9-17-36(46)38-29-28-37-35-16-8-12-22-45(35)54(50(37)51(38)55)33-14-4-3-5-15-33/h3-31H,1-2H3. The second kappa shape index (κ2) is 11.0. The Morgan fingerprint density at radius 3 is 1.65 bits per heavy atom. The Kier molecular flexibility index (Phi) is 6.12. The molecule has 0 saturated carbocycles. The van der Waals surface area contributed by atoms with Gasteiger partial charge in [-0.2, -0.15) is 0 Å². The molecule has 0 amide bonds. The first-order valence-electron chi connectivity index (χ1n) is 19.2. The minimum atomic E-state index is -0.0771. The lowest BCUT2D eigenvalue weighted by molar-refractivity contribution is 0.661. The van der Waals surface area contributed by atoms with Crippen molar-refractivity contribution in [3.05, 3.63) is 187 Å². The number of hydrogen-bond donors (Lipinski definition) is 0. The first-order chi connectivity index (χ1) is 27.1. The molecular formula is C52H35N3. The van der Waals surface area contributed by atoms with E-state index in [0.29, 0.717) is 0 Å². The molecule has 0 bridgehead atoms. The number of aromatic nitrogens is 3. The molecule has 0 unspecified atom stereocenters. The third-order valence-corrected chi connectivity index (χ3v) is 12.3. The van der Waals surface area contributed by atoms with Crippen LogP contribution in [0, 0.1) is 0 Å². The Morgan fingerprint density at radius 1 is 0.418 bits per heavy atom. The van der Waals surface area contributed by atoms with E-state index < -0.39 is 0 Å². The quantitative estimate of drug-likeness (QED) is 0.168. The Hall–Kier alpha value is -6.97. The molecule has 0 aliphatic heterocycles. The number of fused-ring (bicyclic) bond motifs is 14. The van der Waals surface area contributed by atoms with Crippen molar-refractivity contribution in [2.75, 3.05) is 0 Å². The summed E-state index contributed by atoms with van der Waals surface area (Å²) in [6, 6.07) is 64.3. The summed E-state index contributed by atoms with van der Waals surface area (Å²) in [5.74, 6) is 0. The summed E-state index contributed by atoms with van der Waals surface area (Å²) in [6.07, 6.45) is 0. The molecule has 258 valence electrons. The molecule has 55 heavy (non-hydrogen) atoms. The van der Waals surface area contributed by atoms with Crippen molar-refractivity contribution in [1.82, 2.24) is 14.1 Å². The SMILES string of the molecule is CC1(C)c2ccccc2-c2c1ccc1c(-c3ccc(-n4c5ccccc5c5ccc6c7ccccc7n(-c7ccccc7)c6c54)cc3)nc3ccccc3c21. The van der Waals surface area contributed by atoms with Gasteiger partial charge in [0.25, 0.3) is 0 Å². The van der Waals surface area contributed by atoms with Crippen molar-refractivity contribution >= 4 is 65.3 Å². The summed E-state index contributed by atoms with van der Waals surface area (Å²) in [5.41, 5.74) is 15.6. The molecule has 3 nitrogen and oxygen atoms in total. The Morgan fingerprint density at radius 2 is 0.964 bits per heavy atom. The van der Waals surface area contributed by atoms with Gasteiger partial charge in [0.15, 0.2) is 0 Å². The van der Waals surface area contributed by atoms with Crippen molar-refractivity contribution in [2.24, 2.45) is 0 Å². The molecular weight excluding hydrogens is 667 g/mol. The molecule has 3 aromatic heterocycles. The topological polar surface area (TPSA) is 22.8 Å². The van der Waals surface area contributed by atoms with E-state index >= 15 is 0 Å². The second-order valence-corrected chi connectivity index (χ2v) is 15.5. The van der Waals surface area contributed by atoms with Gasteiger partial charge in [-0.05, 0) is 64.7 Å². The largest absolute Gasteiger partial charge is 0.307 e. The number of benzene rings is 8. The van der Waals surface area contributed by atoms with Crippen LogP contribution in [0.25, 0.3) is 99.0 Å². The summed E-state index contributed by atoms with van der Waals surface area (Å²) in [6.45, 7) is 4.71. The third kappa shape index (κ3) is 4.07. The van der Waals surface area contributed by atoms with Gasteiger partial charge in [-0.25, -0.2) is 4.98 Å². The van der Waals surface area contributed by atoms with E-state index in [-0.39, 0.29) is 5.41 Å². The summed E-state index contributed by atoms with van der Waals surface area (Å²) >= 11 is 0. The van der Waals surface area contributed by atoms with E-state index in [4.69, 9.17) is 4.98 Å². The van der Waals surface area contributed by atoms with Crippen LogP contribution in [0.1, 0.15) is 25.0 Å². The summed E-state index contributed by atoms with van der Waals surface area (Å²) in [7, 11) is 0. The van der Waals surface area contributed by atoms with E-state index in [1.54, 1.807) is 0 Å². The fourth-order valence-corrected chi connectivity index (χ4v) is 9.84. The van der Waals surface area contributed by atoms with Crippen LogP contribution in [-0.4, -0.2) is 14.1 Å². The van der Waals surface area contributed by atoms with E-state index in [0.717, 1.165) is 28.1 Å². The number of pyridine rings is 1. The average molecular weight is 702 g/mol. The number of para-hydroxylation sites is 4. The molecule has 1 aliphatic rings. The first kappa shape index (κ1) is 30.5. The average Bonchev–Trinajstić information content (AvgIpc) is 3.84. The van der Waals surface area contributed by atoms with E-state index in [1.165, 1.54) is 82.0 Å². The van der Waals surface area contributed by atoms with Crippen LogP contribution in [0.5, 0.6) is 0 Å². The summed E-state index contributed by atoms with van der Waals surface area (Å²) in [4.78, 5) is 5.38. The molecule has 12 rings (SSSR count). The van der Waals surface area contributed by atoms with Crippen LogP contribution in [0.2, 0.25) is 0 Å². The number of nitrogens with zero attached hydrogens (tertiary/aromatic N) is 3. The minimum absolute atomic E-state index is 0.0771. The van der Waals surface area contributed by atoms with Crippen LogP contribution in [0.3, 0.4) is 0 Å². The monoisotopic (exact) mass is 701 g/mol. The Labute approximate surface area is 318 Å². The van der Waals surface area contributed by atoms with Gasteiger partial charge in [0, 0.05) is 60.1 Å². The maximum atomic E-state index is 5.38. The lowest BCUT2D eigenvalue weighted by Crippen LogP contribution is -2.14. The maximum Gasteiger partial charge on any atom is 0.0788 e. The highest BCUT2D eigenvalue weighted by molar-refractivity contribution is 6.24. The molecule has 3 heterocycles. The normalized spacial score (nSPS) is 13.4. The van der Waals surface area contributed by atoms with Crippen molar-refractivity contribution in [2.45, 2.75) is 19.3 Å². The van der Waals surface area contributed by atoms with Crippen LogP contribution in [0.15, 0.2) is 176 Å². The fraction of sp³-hybridized carbons (Fsp3) is 0.0577. The van der Waals surface area contributed by atoms with Gasteiger partial charge in [-0.3, -0.25) is 0 Å². The molecule has 0 spiro atoms. The van der Waals surface area contributed by atoms with Gasteiger partial charge in [0.2, 0.25) is 0 Å². The predicted octanol–water partition coefficient (Wildman–Crippen LogP) is 13.6. The van der Waals surface area contributed by atoms with Crippen LogP contribution in [-0.2, 0) is 5.41 Å². The van der Waals surface area contributed by atoms with Crippen LogP contribution < -0.4 is 0 Å². The van der Waals surface area contributed by atoms with Gasteiger partial charge >= 0.3 is 0 Å². The maximum absolute atomic E-state index is 5.38. The zero-order valence-corrected chi connectivity index (χ0v) is 30.6. The predicted molar refractivity (Wildman–Crippen MR) is 231 cm³/mol. The van der Waals surface area contributed by atoms with Gasteiger partial charge in [0.1, 0.15) is 0 Å². The Bertz CT molecular complexity index is 3380.